The highest BCUT2D eigenvalue weighted by atomic mass is 16.7. The van der Waals surface area contributed by atoms with Crippen LogP contribution in [-0.2, 0) is 14.4 Å². The Labute approximate surface area is 116 Å². The van der Waals surface area contributed by atoms with Gasteiger partial charge in [0, 0.05) is 12.5 Å². The highest BCUT2D eigenvalue weighted by Crippen LogP contribution is 2.12. The van der Waals surface area contributed by atoms with Gasteiger partial charge in [0.05, 0.1) is 12.0 Å². The Morgan fingerprint density at radius 3 is 2.05 bits per heavy atom. The molecule has 0 fully saturated rings. The fourth-order valence-electron chi connectivity index (χ4n) is 1.52. The Bertz CT molecular complexity index is 290. The number of amides is 2. The summed E-state index contributed by atoms with van der Waals surface area (Å²) in [6, 6.07) is 0. The van der Waals surface area contributed by atoms with Crippen LogP contribution in [0.1, 0.15) is 48.0 Å². The Hall–Kier alpha value is -1.10. The predicted octanol–water partition coefficient (Wildman–Crippen LogP) is 1.88. The first-order valence-electron chi connectivity index (χ1n) is 7.02. The summed E-state index contributed by atoms with van der Waals surface area (Å²) in [5, 5.41) is 2.89. The largest absolute Gasteiger partial charge is 0.356 e. The SMILES string of the molecule is CC[C@@H](C(=O)NCC(C)C)[C@@H](C)ONC(=O)C(C)C. The molecule has 0 saturated heterocycles. The van der Waals surface area contributed by atoms with E-state index in [1.54, 1.807) is 20.8 Å². The summed E-state index contributed by atoms with van der Waals surface area (Å²) in [6.07, 6.45) is 0.322. The maximum absolute atomic E-state index is 12.0. The van der Waals surface area contributed by atoms with Gasteiger partial charge in [-0.3, -0.25) is 14.4 Å². The molecule has 0 bridgehead atoms. The average Bonchev–Trinajstić information content (AvgIpc) is 2.33. The fraction of sp³-hybridized carbons (Fsp3) is 0.857. The quantitative estimate of drug-likeness (QED) is 0.663. The van der Waals surface area contributed by atoms with Gasteiger partial charge in [0.1, 0.15) is 0 Å². The Morgan fingerprint density at radius 2 is 1.63 bits per heavy atom. The highest BCUT2D eigenvalue weighted by Gasteiger charge is 2.25. The third-order valence-electron chi connectivity index (χ3n) is 2.90. The molecular formula is C14H28N2O3. The lowest BCUT2D eigenvalue weighted by molar-refractivity contribution is -0.148. The molecule has 0 radical (unpaired) electrons. The first-order chi connectivity index (χ1) is 8.79. The maximum atomic E-state index is 12.0. The standard InChI is InChI=1S/C14H28N2O3/c1-7-12(14(18)15-8-9(2)3)11(6)19-16-13(17)10(4)5/h9-12H,7-8H2,1-6H3,(H,15,18)(H,16,17)/t11-,12-/m1/s1. The van der Waals surface area contributed by atoms with E-state index in [9.17, 15) is 9.59 Å². The minimum Gasteiger partial charge on any atom is -0.356 e. The number of rotatable bonds is 8. The van der Waals surface area contributed by atoms with Crippen LogP contribution in [0.15, 0.2) is 0 Å². The summed E-state index contributed by atoms with van der Waals surface area (Å²) in [5.74, 6) is -0.182. The zero-order valence-electron chi connectivity index (χ0n) is 12.9. The third kappa shape index (κ3) is 7.15. The van der Waals surface area contributed by atoms with Crippen molar-refractivity contribution in [3.63, 3.8) is 0 Å². The summed E-state index contributed by atoms with van der Waals surface area (Å²) in [5.41, 5.74) is 2.40. The number of hydrogen-bond acceptors (Lipinski definition) is 3. The van der Waals surface area contributed by atoms with Crippen molar-refractivity contribution in [1.82, 2.24) is 10.8 Å². The topological polar surface area (TPSA) is 67.4 Å². The van der Waals surface area contributed by atoms with Crippen molar-refractivity contribution in [1.29, 1.82) is 0 Å². The second-order valence-corrected chi connectivity index (χ2v) is 5.60. The van der Waals surface area contributed by atoms with Gasteiger partial charge in [0.25, 0.3) is 0 Å². The molecule has 0 saturated carbocycles. The molecule has 5 heteroatoms. The van der Waals surface area contributed by atoms with Gasteiger partial charge < -0.3 is 5.32 Å². The van der Waals surface area contributed by atoms with Gasteiger partial charge in [0.2, 0.25) is 11.8 Å². The molecule has 0 rings (SSSR count). The minimum absolute atomic E-state index is 0.0255. The molecule has 0 aromatic rings. The van der Waals surface area contributed by atoms with E-state index in [1.807, 2.05) is 20.8 Å². The molecule has 0 aliphatic rings. The monoisotopic (exact) mass is 272 g/mol. The van der Waals surface area contributed by atoms with Gasteiger partial charge in [-0.25, -0.2) is 5.48 Å². The first-order valence-corrected chi connectivity index (χ1v) is 7.02. The molecule has 2 atom stereocenters. The van der Waals surface area contributed by atoms with E-state index in [4.69, 9.17) is 4.84 Å². The smallest absolute Gasteiger partial charge is 0.246 e. The van der Waals surface area contributed by atoms with Crippen LogP contribution in [0.5, 0.6) is 0 Å². The molecule has 0 aromatic heterocycles. The number of nitrogens with one attached hydrogen (secondary N) is 2. The van der Waals surface area contributed by atoms with E-state index in [2.05, 4.69) is 10.8 Å². The lowest BCUT2D eigenvalue weighted by atomic mass is 9.99. The molecule has 0 aromatic carbocycles. The van der Waals surface area contributed by atoms with Crippen molar-refractivity contribution in [2.75, 3.05) is 6.54 Å². The minimum atomic E-state index is -0.347. The second kappa shape index (κ2) is 8.91. The van der Waals surface area contributed by atoms with Gasteiger partial charge >= 0.3 is 0 Å². The van der Waals surface area contributed by atoms with Crippen LogP contribution in [0.3, 0.4) is 0 Å². The van der Waals surface area contributed by atoms with E-state index in [-0.39, 0.29) is 29.8 Å². The van der Waals surface area contributed by atoms with Gasteiger partial charge in [0.15, 0.2) is 0 Å². The van der Waals surface area contributed by atoms with Crippen molar-refractivity contribution in [2.24, 2.45) is 17.8 Å². The van der Waals surface area contributed by atoms with Crippen LogP contribution in [0, 0.1) is 17.8 Å². The highest BCUT2D eigenvalue weighted by molar-refractivity contribution is 5.79. The number of carbonyl (C=O) groups is 2. The molecule has 0 spiro atoms. The summed E-state index contributed by atoms with van der Waals surface area (Å²) in [6.45, 7) is 12.0. The molecule has 0 unspecified atom stereocenters. The lowest BCUT2D eigenvalue weighted by Gasteiger charge is -2.23. The normalized spacial score (nSPS) is 14.3. The Kier molecular flexibility index (Phi) is 8.39. The van der Waals surface area contributed by atoms with E-state index >= 15 is 0 Å². The van der Waals surface area contributed by atoms with Crippen LogP contribution in [0.2, 0.25) is 0 Å². The Morgan fingerprint density at radius 1 is 1.05 bits per heavy atom. The molecule has 5 nitrogen and oxygen atoms in total. The van der Waals surface area contributed by atoms with Crippen LogP contribution >= 0.6 is 0 Å². The van der Waals surface area contributed by atoms with Crippen molar-refractivity contribution < 1.29 is 14.4 Å². The molecule has 19 heavy (non-hydrogen) atoms. The lowest BCUT2D eigenvalue weighted by Crippen LogP contribution is -2.42. The van der Waals surface area contributed by atoms with Gasteiger partial charge in [-0.15, -0.1) is 0 Å². The maximum Gasteiger partial charge on any atom is 0.246 e. The van der Waals surface area contributed by atoms with Crippen molar-refractivity contribution >= 4 is 11.8 Å². The Balaban J connectivity index is 4.27. The van der Waals surface area contributed by atoms with E-state index < -0.39 is 0 Å². The molecular weight excluding hydrogens is 244 g/mol. The summed E-state index contributed by atoms with van der Waals surface area (Å²) >= 11 is 0. The molecule has 0 aliphatic heterocycles. The number of hydrogen-bond donors (Lipinski definition) is 2. The van der Waals surface area contributed by atoms with Crippen molar-refractivity contribution in [3.05, 3.63) is 0 Å². The molecule has 2 N–H and O–H groups in total. The van der Waals surface area contributed by atoms with E-state index in [0.29, 0.717) is 18.9 Å². The molecule has 112 valence electrons. The first kappa shape index (κ1) is 17.9. The zero-order chi connectivity index (χ0) is 15.0. The average molecular weight is 272 g/mol. The van der Waals surface area contributed by atoms with Crippen LogP contribution in [-0.4, -0.2) is 24.5 Å². The second-order valence-electron chi connectivity index (χ2n) is 5.60. The molecule has 0 aliphatic carbocycles. The van der Waals surface area contributed by atoms with E-state index in [1.165, 1.54) is 0 Å². The van der Waals surface area contributed by atoms with Crippen LogP contribution in [0.4, 0.5) is 0 Å². The van der Waals surface area contributed by atoms with Crippen LogP contribution in [0.25, 0.3) is 0 Å². The van der Waals surface area contributed by atoms with Gasteiger partial charge in [-0.2, -0.15) is 0 Å². The molecule has 2 amide bonds. The fourth-order valence-corrected chi connectivity index (χ4v) is 1.52. The summed E-state index contributed by atoms with van der Waals surface area (Å²) in [7, 11) is 0. The number of carbonyl (C=O) groups excluding carboxylic acids is 2. The zero-order valence-corrected chi connectivity index (χ0v) is 12.9. The third-order valence-corrected chi connectivity index (χ3v) is 2.90. The van der Waals surface area contributed by atoms with E-state index in [0.717, 1.165) is 0 Å². The van der Waals surface area contributed by atoms with Gasteiger partial charge in [-0.05, 0) is 19.3 Å². The van der Waals surface area contributed by atoms with Crippen molar-refractivity contribution in [3.8, 4) is 0 Å². The van der Waals surface area contributed by atoms with Crippen molar-refractivity contribution in [2.45, 2.75) is 54.1 Å². The number of hydroxylamine groups is 1. The molecule has 0 heterocycles. The summed E-state index contributed by atoms with van der Waals surface area (Å²) < 4.78 is 0. The summed E-state index contributed by atoms with van der Waals surface area (Å²) in [4.78, 5) is 28.7. The predicted molar refractivity (Wildman–Crippen MR) is 75.2 cm³/mol. The van der Waals surface area contributed by atoms with Gasteiger partial charge in [-0.1, -0.05) is 34.6 Å². The van der Waals surface area contributed by atoms with Crippen LogP contribution < -0.4 is 10.8 Å².